The highest BCUT2D eigenvalue weighted by molar-refractivity contribution is 5.76. The molecule has 19 heavy (non-hydrogen) atoms. The number of hydrogen-bond donors (Lipinski definition) is 2. The minimum Gasteiger partial charge on any atom is -0.350 e. The maximum atomic E-state index is 11.9. The third kappa shape index (κ3) is 6.38. The van der Waals surface area contributed by atoms with E-state index in [-0.39, 0.29) is 17.0 Å². The number of imidazole rings is 1. The van der Waals surface area contributed by atoms with Gasteiger partial charge in [-0.3, -0.25) is 4.79 Å². The van der Waals surface area contributed by atoms with Crippen molar-refractivity contribution in [3.63, 3.8) is 0 Å². The van der Waals surface area contributed by atoms with Crippen LogP contribution in [-0.4, -0.2) is 26.5 Å². The number of aromatic nitrogens is 2. The van der Waals surface area contributed by atoms with Gasteiger partial charge in [0.05, 0.1) is 6.54 Å². The van der Waals surface area contributed by atoms with Crippen LogP contribution in [0, 0.1) is 0 Å². The number of nitrogens with one attached hydrogen (secondary N) is 2. The zero-order valence-corrected chi connectivity index (χ0v) is 12.9. The summed E-state index contributed by atoms with van der Waals surface area (Å²) in [4.78, 5) is 16.2. The lowest BCUT2D eigenvalue weighted by molar-refractivity contribution is -0.123. The average Bonchev–Trinajstić information content (AvgIpc) is 2.57. The van der Waals surface area contributed by atoms with Gasteiger partial charge in [0.2, 0.25) is 5.91 Å². The van der Waals surface area contributed by atoms with E-state index in [1.54, 1.807) is 6.20 Å². The fourth-order valence-electron chi connectivity index (χ4n) is 1.61. The molecule has 0 fully saturated rings. The van der Waals surface area contributed by atoms with Gasteiger partial charge in [0, 0.05) is 23.5 Å². The van der Waals surface area contributed by atoms with Crippen molar-refractivity contribution in [3.05, 3.63) is 18.2 Å². The molecular formula is C14H26N4O. The molecule has 0 saturated carbocycles. The molecule has 1 heterocycles. The summed E-state index contributed by atoms with van der Waals surface area (Å²) in [6, 6.07) is 0. The van der Waals surface area contributed by atoms with E-state index in [1.165, 1.54) is 0 Å². The van der Waals surface area contributed by atoms with Gasteiger partial charge in [-0.15, -0.1) is 0 Å². The summed E-state index contributed by atoms with van der Waals surface area (Å²) in [5, 5.41) is 6.32. The Bertz CT molecular complexity index is 423. The topological polar surface area (TPSA) is 59.0 Å². The molecule has 0 atom stereocenters. The highest BCUT2D eigenvalue weighted by Gasteiger charge is 2.16. The molecular weight excluding hydrogens is 240 g/mol. The second-order valence-corrected chi connectivity index (χ2v) is 6.87. The predicted octanol–water partition coefficient (Wildman–Crippen LogP) is 1.69. The van der Waals surface area contributed by atoms with Gasteiger partial charge < -0.3 is 15.2 Å². The van der Waals surface area contributed by atoms with Crippen LogP contribution >= 0.6 is 0 Å². The minimum atomic E-state index is -0.207. The minimum absolute atomic E-state index is 0.00232. The average molecular weight is 266 g/mol. The van der Waals surface area contributed by atoms with E-state index in [0.29, 0.717) is 13.1 Å². The lowest BCUT2D eigenvalue weighted by Gasteiger charge is -2.22. The first-order valence-corrected chi connectivity index (χ1v) is 6.63. The monoisotopic (exact) mass is 266 g/mol. The van der Waals surface area contributed by atoms with Crippen molar-refractivity contribution in [2.45, 2.75) is 65.7 Å². The van der Waals surface area contributed by atoms with E-state index in [4.69, 9.17) is 0 Å². The van der Waals surface area contributed by atoms with Crippen molar-refractivity contribution in [1.29, 1.82) is 0 Å². The third-order valence-corrected chi connectivity index (χ3v) is 2.41. The molecule has 0 unspecified atom stereocenters. The largest absolute Gasteiger partial charge is 0.350 e. The van der Waals surface area contributed by atoms with E-state index in [1.807, 2.05) is 31.5 Å². The molecule has 5 nitrogen and oxygen atoms in total. The Labute approximate surface area is 115 Å². The summed E-state index contributed by atoms with van der Waals surface area (Å²) in [6.07, 6.45) is 3.56. The summed E-state index contributed by atoms with van der Waals surface area (Å²) in [5.74, 6) is 0.876. The van der Waals surface area contributed by atoms with Crippen LogP contribution in [0.3, 0.4) is 0 Å². The molecule has 0 aromatic carbocycles. The highest BCUT2D eigenvalue weighted by Crippen LogP contribution is 2.04. The van der Waals surface area contributed by atoms with E-state index < -0.39 is 0 Å². The van der Waals surface area contributed by atoms with Gasteiger partial charge in [-0.1, -0.05) is 0 Å². The van der Waals surface area contributed by atoms with Crippen LogP contribution in [0.1, 0.15) is 47.4 Å². The van der Waals surface area contributed by atoms with E-state index >= 15 is 0 Å². The zero-order chi connectivity index (χ0) is 14.7. The Morgan fingerprint density at radius 3 is 2.37 bits per heavy atom. The number of amides is 1. The Morgan fingerprint density at radius 2 is 1.84 bits per heavy atom. The molecule has 1 aromatic rings. The van der Waals surface area contributed by atoms with E-state index in [9.17, 15) is 4.79 Å². The molecule has 1 amide bonds. The Kier molecular flexibility index (Phi) is 4.74. The summed E-state index contributed by atoms with van der Waals surface area (Å²) in [6.45, 7) is 13.2. The molecule has 1 aromatic heterocycles. The smallest absolute Gasteiger partial charge is 0.240 e. The molecule has 1 rings (SSSR count). The van der Waals surface area contributed by atoms with Gasteiger partial charge in [0.25, 0.3) is 0 Å². The maximum absolute atomic E-state index is 11.9. The standard InChI is InChI=1S/C14H26N4O/c1-13(2,3)16-9-11-15-7-8-18(11)10-12(19)17-14(4,5)6/h7-8,16H,9-10H2,1-6H3,(H,17,19). The highest BCUT2D eigenvalue weighted by atomic mass is 16.2. The first-order chi connectivity index (χ1) is 8.57. The van der Waals surface area contributed by atoms with Gasteiger partial charge in [-0.2, -0.15) is 0 Å². The Balaban J connectivity index is 2.60. The Morgan fingerprint density at radius 1 is 1.21 bits per heavy atom. The summed E-state index contributed by atoms with van der Waals surface area (Å²) in [7, 11) is 0. The van der Waals surface area contributed by atoms with Crippen molar-refractivity contribution in [1.82, 2.24) is 20.2 Å². The molecule has 0 radical (unpaired) electrons. The number of carbonyl (C=O) groups excluding carboxylic acids is 1. The number of nitrogens with zero attached hydrogens (tertiary/aromatic N) is 2. The number of hydrogen-bond acceptors (Lipinski definition) is 3. The second-order valence-electron chi connectivity index (χ2n) is 6.87. The maximum Gasteiger partial charge on any atom is 0.240 e. The Hall–Kier alpha value is -1.36. The van der Waals surface area contributed by atoms with Crippen molar-refractivity contribution in [2.75, 3.05) is 0 Å². The van der Waals surface area contributed by atoms with Gasteiger partial charge in [-0.05, 0) is 41.5 Å². The van der Waals surface area contributed by atoms with Crippen LogP contribution in [-0.2, 0) is 17.9 Å². The van der Waals surface area contributed by atoms with Gasteiger partial charge in [-0.25, -0.2) is 4.98 Å². The second kappa shape index (κ2) is 5.74. The van der Waals surface area contributed by atoms with Gasteiger partial charge in [0.1, 0.15) is 12.4 Å². The molecule has 108 valence electrons. The van der Waals surface area contributed by atoms with Gasteiger partial charge >= 0.3 is 0 Å². The molecule has 0 aliphatic carbocycles. The van der Waals surface area contributed by atoms with Crippen LogP contribution < -0.4 is 10.6 Å². The summed E-state index contributed by atoms with van der Waals surface area (Å²) < 4.78 is 1.87. The van der Waals surface area contributed by atoms with Crippen LogP contribution in [0.4, 0.5) is 0 Å². The van der Waals surface area contributed by atoms with Crippen molar-refractivity contribution < 1.29 is 4.79 Å². The molecule has 0 saturated heterocycles. The molecule has 5 heteroatoms. The lowest BCUT2D eigenvalue weighted by atomic mass is 10.1. The molecule has 0 aliphatic rings. The van der Waals surface area contributed by atoms with Crippen LogP contribution in [0.2, 0.25) is 0 Å². The predicted molar refractivity (Wildman–Crippen MR) is 76.7 cm³/mol. The molecule has 0 aliphatic heterocycles. The van der Waals surface area contributed by atoms with Crippen LogP contribution in [0.25, 0.3) is 0 Å². The first kappa shape index (κ1) is 15.7. The SMILES string of the molecule is CC(C)(C)NCc1nccn1CC(=O)NC(C)(C)C. The quantitative estimate of drug-likeness (QED) is 0.872. The first-order valence-electron chi connectivity index (χ1n) is 6.63. The lowest BCUT2D eigenvalue weighted by Crippen LogP contribution is -2.42. The molecule has 0 spiro atoms. The fourth-order valence-corrected chi connectivity index (χ4v) is 1.61. The van der Waals surface area contributed by atoms with Crippen LogP contribution in [0.5, 0.6) is 0 Å². The normalized spacial score (nSPS) is 12.5. The summed E-state index contributed by atoms with van der Waals surface area (Å²) in [5.41, 5.74) is -0.175. The molecule has 0 bridgehead atoms. The van der Waals surface area contributed by atoms with Crippen molar-refractivity contribution in [2.24, 2.45) is 0 Å². The third-order valence-electron chi connectivity index (χ3n) is 2.41. The zero-order valence-electron chi connectivity index (χ0n) is 12.9. The van der Waals surface area contributed by atoms with Crippen molar-refractivity contribution in [3.8, 4) is 0 Å². The number of carbonyl (C=O) groups is 1. The molecule has 2 N–H and O–H groups in total. The summed E-state index contributed by atoms with van der Waals surface area (Å²) >= 11 is 0. The fraction of sp³-hybridized carbons (Fsp3) is 0.714. The number of rotatable bonds is 4. The van der Waals surface area contributed by atoms with Crippen molar-refractivity contribution >= 4 is 5.91 Å². The van der Waals surface area contributed by atoms with E-state index in [0.717, 1.165) is 5.82 Å². The van der Waals surface area contributed by atoms with E-state index in [2.05, 4.69) is 36.4 Å². The van der Waals surface area contributed by atoms with Gasteiger partial charge in [0.15, 0.2) is 0 Å². The van der Waals surface area contributed by atoms with Crippen LogP contribution in [0.15, 0.2) is 12.4 Å².